The van der Waals surface area contributed by atoms with Crippen LogP contribution in [0.25, 0.3) is 0 Å². The molecule has 2 heterocycles. The molecule has 26 heavy (non-hydrogen) atoms. The number of nitrogens with one attached hydrogen (secondary N) is 3. The number of benzene rings is 1. The molecule has 0 saturated carbocycles. The average molecular weight is 354 g/mol. The van der Waals surface area contributed by atoms with Crippen molar-refractivity contribution in [1.29, 1.82) is 0 Å². The van der Waals surface area contributed by atoms with Gasteiger partial charge in [-0.25, -0.2) is 4.98 Å². The molecule has 1 fully saturated rings. The summed E-state index contributed by atoms with van der Waals surface area (Å²) >= 11 is 0. The van der Waals surface area contributed by atoms with Gasteiger partial charge in [-0.15, -0.1) is 0 Å². The Bertz CT molecular complexity index is 720. The largest absolute Gasteiger partial charge is 0.366 e. The molecule has 1 aliphatic heterocycles. The quantitative estimate of drug-likeness (QED) is 0.755. The van der Waals surface area contributed by atoms with E-state index < -0.39 is 0 Å². The molecule has 1 saturated heterocycles. The smallest absolute Gasteiger partial charge is 0.224 e. The van der Waals surface area contributed by atoms with Gasteiger partial charge >= 0.3 is 0 Å². The van der Waals surface area contributed by atoms with E-state index in [-0.39, 0.29) is 11.1 Å². The van der Waals surface area contributed by atoms with Crippen LogP contribution in [0.4, 0.5) is 11.8 Å². The molecule has 5 heteroatoms. The second-order valence-electron chi connectivity index (χ2n) is 8.75. The molecule has 5 nitrogen and oxygen atoms in total. The van der Waals surface area contributed by atoms with Crippen molar-refractivity contribution in [3.05, 3.63) is 47.7 Å². The zero-order valence-corrected chi connectivity index (χ0v) is 16.6. The second-order valence-corrected chi connectivity index (χ2v) is 8.75. The predicted molar refractivity (Wildman–Crippen MR) is 108 cm³/mol. The van der Waals surface area contributed by atoms with Crippen LogP contribution in [0.2, 0.25) is 0 Å². The van der Waals surface area contributed by atoms with Crippen LogP contribution in [-0.2, 0) is 6.54 Å². The first-order valence-electron chi connectivity index (χ1n) is 9.39. The molecular weight excluding hydrogens is 322 g/mol. The predicted octanol–water partition coefficient (Wildman–Crippen LogP) is 4.12. The lowest BCUT2D eigenvalue weighted by Gasteiger charge is -2.46. The van der Waals surface area contributed by atoms with E-state index in [0.29, 0.717) is 12.0 Å². The van der Waals surface area contributed by atoms with Gasteiger partial charge in [-0.1, -0.05) is 29.8 Å². The Morgan fingerprint density at radius 2 is 1.69 bits per heavy atom. The van der Waals surface area contributed by atoms with E-state index in [9.17, 15) is 0 Å². The molecule has 0 unspecified atom stereocenters. The molecule has 0 amide bonds. The summed E-state index contributed by atoms with van der Waals surface area (Å²) in [4.78, 5) is 9.05. The molecule has 0 spiro atoms. The van der Waals surface area contributed by atoms with Crippen molar-refractivity contribution in [2.75, 3.05) is 10.6 Å². The number of anilines is 2. The van der Waals surface area contributed by atoms with Crippen LogP contribution in [-0.4, -0.2) is 27.1 Å². The van der Waals surface area contributed by atoms with Gasteiger partial charge in [0, 0.05) is 29.9 Å². The summed E-state index contributed by atoms with van der Waals surface area (Å²) < 4.78 is 0. The van der Waals surface area contributed by atoms with Crippen LogP contribution in [0.15, 0.2) is 36.5 Å². The molecule has 1 aromatic carbocycles. The fraction of sp³-hybridized carbons (Fsp3) is 0.524. The van der Waals surface area contributed by atoms with E-state index in [2.05, 4.69) is 84.8 Å². The van der Waals surface area contributed by atoms with Gasteiger partial charge in [-0.05, 0) is 59.1 Å². The van der Waals surface area contributed by atoms with Gasteiger partial charge in [-0.3, -0.25) is 0 Å². The van der Waals surface area contributed by atoms with Gasteiger partial charge in [0.25, 0.3) is 0 Å². The van der Waals surface area contributed by atoms with Crippen molar-refractivity contribution in [3.8, 4) is 0 Å². The summed E-state index contributed by atoms with van der Waals surface area (Å²) in [6, 6.07) is 10.8. The number of nitrogens with zero attached hydrogens (tertiary/aromatic N) is 2. The van der Waals surface area contributed by atoms with Gasteiger partial charge in [0.2, 0.25) is 5.95 Å². The molecule has 140 valence electrons. The maximum atomic E-state index is 4.64. The normalized spacial score (nSPS) is 19.1. The highest BCUT2D eigenvalue weighted by molar-refractivity contribution is 5.41. The van der Waals surface area contributed by atoms with Gasteiger partial charge in [0.15, 0.2) is 0 Å². The Morgan fingerprint density at radius 3 is 2.35 bits per heavy atom. The molecule has 0 radical (unpaired) electrons. The van der Waals surface area contributed by atoms with Crippen molar-refractivity contribution in [2.24, 2.45) is 0 Å². The van der Waals surface area contributed by atoms with Crippen LogP contribution >= 0.6 is 0 Å². The first-order chi connectivity index (χ1) is 12.2. The van der Waals surface area contributed by atoms with Crippen LogP contribution in [0, 0.1) is 6.92 Å². The van der Waals surface area contributed by atoms with Crippen molar-refractivity contribution in [1.82, 2.24) is 15.3 Å². The lowest BCUT2D eigenvalue weighted by Crippen LogP contribution is -2.60. The molecule has 0 atom stereocenters. The highest BCUT2D eigenvalue weighted by Crippen LogP contribution is 2.30. The second kappa shape index (κ2) is 7.23. The Kier molecular flexibility index (Phi) is 5.19. The van der Waals surface area contributed by atoms with Crippen LogP contribution in [0.1, 0.15) is 51.7 Å². The zero-order chi connectivity index (χ0) is 18.8. The van der Waals surface area contributed by atoms with Crippen molar-refractivity contribution < 1.29 is 0 Å². The number of hydrogen-bond acceptors (Lipinski definition) is 5. The summed E-state index contributed by atoms with van der Waals surface area (Å²) in [5.74, 6) is 1.54. The third kappa shape index (κ3) is 5.18. The zero-order valence-electron chi connectivity index (χ0n) is 16.6. The monoisotopic (exact) mass is 353 g/mol. The van der Waals surface area contributed by atoms with Crippen molar-refractivity contribution >= 4 is 11.8 Å². The lowest BCUT2D eigenvalue weighted by atomic mass is 9.80. The van der Waals surface area contributed by atoms with Gasteiger partial charge < -0.3 is 16.0 Å². The van der Waals surface area contributed by atoms with Gasteiger partial charge in [0.1, 0.15) is 5.82 Å². The van der Waals surface area contributed by atoms with E-state index in [1.165, 1.54) is 11.1 Å². The summed E-state index contributed by atoms with van der Waals surface area (Å²) in [5, 5.41) is 10.6. The average Bonchev–Trinajstić information content (AvgIpc) is 2.51. The van der Waals surface area contributed by atoms with Crippen molar-refractivity contribution in [2.45, 2.75) is 71.1 Å². The highest BCUT2D eigenvalue weighted by Gasteiger charge is 2.37. The van der Waals surface area contributed by atoms with Crippen LogP contribution in [0.3, 0.4) is 0 Å². The Morgan fingerprint density at radius 1 is 1.04 bits per heavy atom. The summed E-state index contributed by atoms with van der Waals surface area (Å²) in [6.07, 6.45) is 3.89. The SMILES string of the molecule is Cc1ccc(CNc2ccnc(NC3CC(C)(C)NC(C)(C)C3)n2)cc1. The minimum Gasteiger partial charge on any atom is -0.366 e. The minimum atomic E-state index is 0.0979. The number of aromatic nitrogens is 2. The van der Waals surface area contributed by atoms with Gasteiger partial charge in [-0.2, -0.15) is 4.98 Å². The van der Waals surface area contributed by atoms with E-state index in [0.717, 1.165) is 25.2 Å². The molecule has 3 N–H and O–H groups in total. The van der Waals surface area contributed by atoms with Crippen LogP contribution < -0.4 is 16.0 Å². The van der Waals surface area contributed by atoms with Crippen molar-refractivity contribution in [3.63, 3.8) is 0 Å². The maximum Gasteiger partial charge on any atom is 0.224 e. The first kappa shape index (κ1) is 18.6. The fourth-order valence-corrected chi connectivity index (χ4v) is 4.03. The van der Waals surface area contributed by atoms with Gasteiger partial charge in [0.05, 0.1) is 0 Å². The molecular formula is C21H31N5. The Hall–Kier alpha value is -2.14. The van der Waals surface area contributed by atoms with E-state index in [4.69, 9.17) is 0 Å². The van der Waals surface area contributed by atoms with E-state index in [1.54, 1.807) is 0 Å². The minimum absolute atomic E-state index is 0.0979. The lowest BCUT2D eigenvalue weighted by molar-refractivity contribution is 0.170. The number of rotatable bonds is 5. The molecule has 1 aliphatic rings. The molecule has 0 bridgehead atoms. The highest BCUT2D eigenvalue weighted by atomic mass is 15.2. The third-order valence-corrected chi connectivity index (χ3v) is 4.77. The standard InChI is InChI=1S/C21H31N5/c1-15-6-8-16(9-7-15)14-23-18-10-11-22-19(25-18)24-17-12-20(2,3)26-21(4,5)13-17/h6-11,17,26H,12-14H2,1-5H3,(H2,22,23,24,25). The third-order valence-electron chi connectivity index (χ3n) is 4.77. The van der Waals surface area contributed by atoms with E-state index in [1.807, 2.05) is 12.3 Å². The topological polar surface area (TPSA) is 61.9 Å². The summed E-state index contributed by atoms with van der Waals surface area (Å²) in [5.41, 5.74) is 2.71. The van der Waals surface area contributed by atoms with Crippen LogP contribution in [0.5, 0.6) is 0 Å². The molecule has 3 rings (SSSR count). The summed E-state index contributed by atoms with van der Waals surface area (Å²) in [7, 11) is 0. The summed E-state index contributed by atoms with van der Waals surface area (Å²) in [6.45, 7) is 11.9. The molecule has 0 aliphatic carbocycles. The maximum absolute atomic E-state index is 4.64. The fourth-order valence-electron chi connectivity index (χ4n) is 4.03. The Labute approximate surface area is 157 Å². The number of piperidine rings is 1. The molecule has 2 aromatic rings. The van der Waals surface area contributed by atoms with E-state index >= 15 is 0 Å². The first-order valence-corrected chi connectivity index (χ1v) is 9.39. The Balaban J connectivity index is 1.62. The molecule has 1 aromatic heterocycles. The number of aryl methyl sites for hydroxylation is 1. The number of hydrogen-bond donors (Lipinski definition) is 3.